The molecule has 2 amide bonds. The number of nitrogens with one attached hydrogen (secondary N) is 1. The van der Waals surface area contributed by atoms with Crippen LogP contribution in [0.1, 0.15) is 36.8 Å². The minimum Gasteiger partial charge on any atom is -0.497 e. The normalized spacial score (nSPS) is 20.7. The number of benzene rings is 2. The van der Waals surface area contributed by atoms with Gasteiger partial charge in [0.2, 0.25) is 0 Å². The van der Waals surface area contributed by atoms with Crippen LogP contribution in [0.4, 0.5) is 4.79 Å². The van der Waals surface area contributed by atoms with Crippen molar-refractivity contribution in [3.05, 3.63) is 65.7 Å². The van der Waals surface area contributed by atoms with Crippen molar-refractivity contribution in [3.63, 3.8) is 0 Å². The molecule has 1 unspecified atom stereocenters. The average molecular weight is 409 g/mol. The van der Waals surface area contributed by atoms with Gasteiger partial charge in [-0.05, 0) is 61.3 Å². The van der Waals surface area contributed by atoms with Crippen LogP contribution < -0.4 is 10.1 Å². The number of methoxy groups -OCH3 is 1. The summed E-state index contributed by atoms with van der Waals surface area (Å²) >= 11 is 0. The summed E-state index contributed by atoms with van der Waals surface area (Å²) < 4.78 is 11.5. The van der Waals surface area contributed by atoms with Crippen LogP contribution in [-0.2, 0) is 17.7 Å². The summed E-state index contributed by atoms with van der Waals surface area (Å²) in [5.41, 5.74) is 2.43. The highest BCUT2D eigenvalue weighted by Crippen LogP contribution is 2.38. The first-order valence-corrected chi connectivity index (χ1v) is 11.0. The van der Waals surface area contributed by atoms with Crippen LogP contribution in [0.15, 0.2) is 54.6 Å². The second-order valence-corrected chi connectivity index (χ2v) is 8.57. The summed E-state index contributed by atoms with van der Waals surface area (Å²) in [6.45, 7) is 2.88. The van der Waals surface area contributed by atoms with Gasteiger partial charge in [0.1, 0.15) is 5.75 Å². The Morgan fingerprint density at radius 2 is 1.83 bits per heavy atom. The number of amides is 2. The molecule has 0 bridgehead atoms. The Morgan fingerprint density at radius 3 is 2.53 bits per heavy atom. The molecule has 0 saturated carbocycles. The maximum absolute atomic E-state index is 12.6. The number of likely N-dealkylation sites (tertiary alicyclic amines) is 1. The molecule has 1 atom stereocenters. The highest BCUT2D eigenvalue weighted by molar-refractivity contribution is 5.74. The van der Waals surface area contributed by atoms with E-state index >= 15 is 0 Å². The third kappa shape index (κ3) is 5.14. The Labute approximate surface area is 179 Å². The fourth-order valence-electron chi connectivity index (χ4n) is 4.75. The van der Waals surface area contributed by atoms with Crippen LogP contribution in [0.5, 0.6) is 5.75 Å². The predicted octanol–water partition coefficient (Wildman–Crippen LogP) is 4.41. The molecule has 2 fully saturated rings. The number of rotatable bonds is 5. The van der Waals surface area contributed by atoms with Crippen molar-refractivity contribution in [2.24, 2.45) is 5.92 Å². The number of ether oxygens (including phenoxy) is 2. The fraction of sp³-hybridized carbons (Fsp3) is 0.480. The highest BCUT2D eigenvalue weighted by atomic mass is 16.5. The summed E-state index contributed by atoms with van der Waals surface area (Å²) in [4.78, 5) is 14.6. The van der Waals surface area contributed by atoms with E-state index in [1.165, 1.54) is 5.56 Å². The Balaban J connectivity index is 1.25. The summed E-state index contributed by atoms with van der Waals surface area (Å²) in [6.07, 6.45) is 5.20. The number of hydrogen-bond donors (Lipinski definition) is 1. The van der Waals surface area contributed by atoms with Gasteiger partial charge in [0.15, 0.2) is 0 Å². The first-order chi connectivity index (χ1) is 14.7. The number of carbonyl (C=O) groups is 1. The SMILES string of the molecule is COc1ccc(CNC(=O)N2CCC3(CC2)CC(Cc2ccccc2)CCO3)cc1. The molecular weight excluding hydrogens is 376 g/mol. The molecule has 2 aliphatic rings. The van der Waals surface area contributed by atoms with Crippen molar-refractivity contribution < 1.29 is 14.3 Å². The summed E-state index contributed by atoms with van der Waals surface area (Å²) in [6, 6.07) is 18.6. The van der Waals surface area contributed by atoms with E-state index in [-0.39, 0.29) is 11.6 Å². The summed E-state index contributed by atoms with van der Waals surface area (Å²) in [7, 11) is 1.65. The Kier molecular flexibility index (Phi) is 6.58. The molecule has 0 aliphatic carbocycles. The van der Waals surface area contributed by atoms with Gasteiger partial charge in [0.25, 0.3) is 0 Å². The second kappa shape index (κ2) is 9.52. The minimum absolute atomic E-state index is 0.0114. The molecular formula is C25H32N2O3. The highest BCUT2D eigenvalue weighted by Gasteiger charge is 2.41. The molecule has 1 N–H and O–H groups in total. The molecule has 0 radical (unpaired) electrons. The van der Waals surface area contributed by atoms with Crippen molar-refractivity contribution in [2.75, 3.05) is 26.8 Å². The number of nitrogens with zero attached hydrogens (tertiary/aromatic N) is 1. The molecule has 0 aromatic heterocycles. The van der Waals surface area contributed by atoms with Crippen molar-refractivity contribution in [1.29, 1.82) is 0 Å². The zero-order valence-corrected chi connectivity index (χ0v) is 17.8. The molecule has 5 nitrogen and oxygen atoms in total. The van der Waals surface area contributed by atoms with E-state index in [0.717, 1.165) is 63.1 Å². The second-order valence-electron chi connectivity index (χ2n) is 8.57. The van der Waals surface area contributed by atoms with Crippen LogP contribution in [0.3, 0.4) is 0 Å². The van der Waals surface area contributed by atoms with Gasteiger partial charge in [-0.3, -0.25) is 0 Å². The third-order valence-electron chi connectivity index (χ3n) is 6.53. The van der Waals surface area contributed by atoms with Crippen LogP contribution in [-0.4, -0.2) is 43.3 Å². The molecule has 2 aliphatic heterocycles. The molecule has 1 spiro atoms. The fourth-order valence-corrected chi connectivity index (χ4v) is 4.75. The molecule has 5 heteroatoms. The molecule has 160 valence electrons. The van der Waals surface area contributed by atoms with E-state index in [9.17, 15) is 4.79 Å². The van der Waals surface area contributed by atoms with E-state index in [1.54, 1.807) is 7.11 Å². The molecule has 2 saturated heterocycles. The maximum atomic E-state index is 12.6. The first-order valence-electron chi connectivity index (χ1n) is 11.0. The van der Waals surface area contributed by atoms with Gasteiger partial charge < -0.3 is 19.7 Å². The molecule has 4 rings (SSSR count). The summed E-state index contributed by atoms with van der Waals surface area (Å²) in [5, 5.41) is 3.04. The third-order valence-corrected chi connectivity index (χ3v) is 6.53. The number of hydrogen-bond acceptors (Lipinski definition) is 3. The quantitative estimate of drug-likeness (QED) is 0.797. The zero-order chi connectivity index (χ0) is 20.8. The van der Waals surface area contributed by atoms with E-state index in [2.05, 4.69) is 35.6 Å². The van der Waals surface area contributed by atoms with Gasteiger partial charge in [-0.1, -0.05) is 42.5 Å². The topological polar surface area (TPSA) is 50.8 Å². The Morgan fingerprint density at radius 1 is 1.10 bits per heavy atom. The average Bonchev–Trinajstić information content (AvgIpc) is 2.79. The van der Waals surface area contributed by atoms with Crippen LogP contribution >= 0.6 is 0 Å². The lowest BCUT2D eigenvalue weighted by Crippen LogP contribution is -2.52. The van der Waals surface area contributed by atoms with E-state index in [0.29, 0.717) is 12.5 Å². The number of urea groups is 1. The summed E-state index contributed by atoms with van der Waals surface area (Å²) in [5.74, 6) is 1.49. The number of piperidine rings is 1. The van der Waals surface area contributed by atoms with E-state index in [4.69, 9.17) is 9.47 Å². The van der Waals surface area contributed by atoms with Crippen molar-refractivity contribution >= 4 is 6.03 Å². The van der Waals surface area contributed by atoms with E-state index in [1.807, 2.05) is 29.2 Å². The van der Waals surface area contributed by atoms with Crippen LogP contribution in [0, 0.1) is 5.92 Å². The van der Waals surface area contributed by atoms with Gasteiger partial charge in [-0.25, -0.2) is 4.79 Å². The van der Waals surface area contributed by atoms with Crippen LogP contribution in [0.25, 0.3) is 0 Å². The van der Waals surface area contributed by atoms with Gasteiger partial charge in [-0.15, -0.1) is 0 Å². The van der Waals surface area contributed by atoms with Gasteiger partial charge in [0.05, 0.1) is 12.7 Å². The standard InChI is InChI=1S/C25H32N2O3/c1-29-23-9-7-21(8-10-23)19-26-24(28)27-14-12-25(13-15-27)18-22(11-16-30-25)17-20-5-3-2-4-6-20/h2-10,22H,11-19H2,1H3,(H,26,28). The van der Waals surface area contributed by atoms with Crippen molar-refractivity contribution in [1.82, 2.24) is 10.2 Å². The maximum Gasteiger partial charge on any atom is 0.317 e. The van der Waals surface area contributed by atoms with Gasteiger partial charge in [-0.2, -0.15) is 0 Å². The minimum atomic E-state index is -0.0511. The van der Waals surface area contributed by atoms with Crippen molar-refractivity contribution in [3.8, 4) is 5.75 Å². The molecule has 2 heterocycles. The molecule has 2 aromatic rings. The monoisotopic (exact) mass is 408 g/mol. The van der Waals surface area contributed by atoms with E-state index < -0.39 is 0 Å². The lowest BCUT2D eigenvalue weighted by Gasteiger charge is -2.46. The predicted molar refractivity (Wildman–Crippen MR) is 118 cm³/mol. The number of carbonyl (C=O) groups excluding carboxylic acids is 1. The molecule has 30 heavy (non-hydrogen) atoms. The largest absolute Gasteiger partial charge is 0.497 e. The lowest BCUT2D eigenvalue weighted by molar-refractivity contribution is -0.122. The Bertz CT molecular complexity index is 814. The zero-order valence-electron chi connectivity index (χ0n) is 17.8. The first kappa shape index (κ1) is 20.7. The Hall–Kier alpha value is -2.53. The smallest absolute Gasteiger partial charge is 0.317 e. The van der Waals surface area contributed by atoms with Gasteiger partial charge >= 0.3 is 6.03 Å². The van der Waals surface area contributed by atoms with Gasteiger partial charge in [0, 0.05) is 26.2 Å². The van der Waals surface area contributed by atoms with Crippen molar-refractivity contribution in [2.45, 2.75) is 44.2 Å². The molecule has 2 aromatic carbocycles. The van der Waals surface area contributed by atoms with Crippen LogP contribution in [0.2, 0.25) is 0 Å². The lowest BCUT2D eigenvalue weighted by atomic mass is 9.77.